The summed E-state index contributed by atoms with van der Waals surface area (Å²) in [5.74, 6) is -15.4. The molecular formula is C6H4F6N2. The Bertz CT molecular complexity index is 236. The summed E-state index contributed by atoms with van der Waals surface area (Å²) in [5, 5.41) is 0. The topological polar surface area (TPSA) is 28.7 Å². The van der Waals surface area contributed by atoms with E-state index in [9.17, 15) is 26.3 Å². The van der Waals surface area contributed by atoms with Crippen molar-refractivity contribution in [1.82, 2.24) is 9.97 Å². The summed E-state index contributed by atoms with van der Waals surface area (Å²) in [6.45, 7) is 0. The molecule has 80 valence electrons. The minimum atomic E-state index is -5.12. The van der Waals surface area contributed by atoms with Gasteiger partial charge in [-0.1, -0.05) is 0 Å². The van der Waals surface area contributed by atoms with Gasteiger partial charge in [-0.25, -0.2) is 4.98 Å². The van der Waals surface area contributed by atoms with E-state index in [2.05, 4.69) is 9.97 Å². The molecule has 1 saturated carbocycles. The Labute approximate surface area is 73.9 Å². The second-order valence-corrected chi connectivity index (χ2v) is 2.48. The van der Waals surface area contributed by atoms with Gasteiger partial charge in [0.05, 0.1) is 6.33 Å². The van der Waals surface area contributed by atoms with Crippen LogP contribution in [0.5, 0.6) is 0 Å². The quantitative estimate of drug-likeness (QED) is 0.665. The van der Waals surface area contributed by atoms with Crippen LogP contribution in [0.15, 0.2) is 18.7 Å². The lowest BCUT2D eigenvalue weighted by molar-refractivity contribution is -0.0278. The minimum absolute atomic E-state index is 1.62. The first-order valence-electron chi connectivity index (χ1n) is 3.31. The highest BCUT2D eigenvalue weighted by molar-refractivity contribution is 5.22. The second kappa shape index (κ2) is 2.89. The molecule has 1 N–H and O–H groups in total. The molecule has 1 aliphatic carbocycles. The van der Waals surface area contributed by atoms with Gasteiger partial charge in [0.25, 0.3) is 0 Å². The molecule has 0 amide bonds. The summed E-state index contributed by atoms with van der Waals surface area (Å²) in [6.07, 6.45) is 5.08. The molecule has 1 fully saturated rings. The maximum Gasteiger partial charge on any atom is 0.385 e. The fourth-order valence-corrected chi connectivity index (χ4v) is 0.571. The predicted octanol–water partition coefficient (Wildman–Crippen LogP) is 2.32. The summed E-state index contributed by atoms with van der Waals surface area (Å²) in [5.41, 5.74) is 0. The maximum atomic E-state index is 11.2. The van der Waals surface area contributed by atoms with Gasteiger partial charge in [0.2, 0.25) is 0 Å². The molecule has 1 heterocycles. The summed E-state index contributed by atoms with van der Waals surface area (Å²) in [4.78, 5) is 6.42. The Morgan fingerprint density at radius 2 is 1.29 bits per heavy atom. The Morgan fingerprint density at radius 3 is 1.36 bits per heavy atom. The average Bonchev–Trinajstić information content (AvgIpc) is 2.60. The van der Waals surface area contributed by atoms with E-state index in [1.54, 1.807) is 18.7 Å². The monoisotopic (exact) mass is 218 g/mol. The molecule has 2 nitrogen and oxygen atoms in total. The lowest BCUT2D eigenvalue weighted by Gasteiger charge is -1.83. The van der Waals surface area contributed by atoms with Crippen molar-refractivity contribution in [3.63, 3.8) is 0 Å². The molecule has 0 aromatic carbocycles. The number of alkyl halides is 6. The van der Waals surface area contributed by atoms with Crippen LogP contribution in [-0.4, -0.2) is 27.7 Å². The fourth-order valence-electron chi connectivity index (χ4n) is 0.571. The normalized spacial score (nSPS) is 24.7. The summed E-state index contributed by atoms with van der Waals surface area (Å²) < 4.78 is 67.1. The van der Waals surface area contributed by atoms with Gasteiger partial charge in [-0.2, -0.15) is 26.3 Å². The van der Waals surface area contributed by atoms with Crippen molar-refractivity contribution in [2.75, 3.05) is 0 Å². The molecule has 1 aromatic rings. The Hall–Kier alpha value is -1.21. The third kappa shape index (κ3) is 1.25. The van der Waals surface area contributed by atoms with Gasteiger partial charge < -0.3 is 4.98 Å². The molecule has 0 radical (unpaired) electrons. The van der Waals surface area contributed by atoms with Crippen LogP contribution < -0.4 is 0 Å². The highest BCUT2D eigenvalue weighted by atomic mass is 19.4. The Balaban J connectivity index is 0.000000165. The number of hydrogen-bond donors (Lipinski definition) is 1. The van der Waals surface area contributed by atoms with Crippen LogP contribution in [0, 0.1) is 0 Å². The van der Waals surface area contributed by atoms with Gasteiger partial charge in [-0.3, -0.25) is 0 Å². The van der Waals surface area contributed by atoms with Gasteiger partial charge in [0.1, 0.15) is 0 Å². The smallest absolute Gasteiger partial charge is 0.351 e. The molecular weight excluding hydrogens is 214 g/mol. The number of halogens is 6. The standard InChI is InChI=1S/C3F6.C3H4N2/c4-1(5)2(6,7)3(1,8)9;1-2-5-3-4-1/h;1-3H,(H,4,5). The highest BCUT2D eigenvalue weighted by Gasteiger charge is 3.01. The number of imidazole rings is 1. The van der Waals surface area contributed by atoms with E-state index >= 15 is 0 Å². The third-order valence-electron chi connectivity index (χ3n) is 1.53. The van der Waals surface area contributed by atoms with Crippen LogP contribution in [0.1, 0.15) is 0 Å². The van der Waals surface area contributed by atoms with Gasteiger partial charge in [-0.05, 0) is 0 Å². The van der Waals surface area contributed by atoms with E-state index in [1.165, 1.54) is 0 Å². The zero-order valence-electron chi connectivity index (χ0n) is 6.45. The van der Waals surface area contributed by atoms with Crippen molar-refractivity contribution >= 4 is 0 Å². The van der Waals surface area contributed by atoms with Crippen LogP contribution in [0.2, 0.25) is 0 Å². The minimum Gasteiger partial charge on any atom is -0.351 e. The molecule has 14 heavy (non-hydrogen) atoms. The number of rotatable bonds is 0. The molecule has 0 bridgehead atoms. The first kappa shape index (κ1) is 10.9. The second-order valence-electron chi connectivity index (χ2n) is 2.48. The molecule has 8 heteroatoms. The lowest BCUT2D eigenvalue weighted by Crippen LogP contribution is -2.02. The third-order valence-corrected chi connectivity index (χ3v) is 1.53. The Morgan fingerprint density at radius 1 is 0.857 bits per heavy atom. The van der Waals surface area contributed by atoms with E-state index in [4.69, 9.17) is 0 Å². The van der Waals surface area contributed by atoms with E-state index in [-0.39, 0.29) is 0 Å². The van der Waals surface area contributed by atoms with Gasteiger partial charge >= 0.3 is 17.8 Å². The fraction of sp³-hybridized carbons (Fsp3) is 0.500. The van der Waals surface area contributed by atoms with Crippen LogP contribution >= 0.6 is 0 Å². The van der Waals surface area contributed by atoms with Crippen LogP contribution in [0.3, 0.4) is 0 Å². The van der Waals surface area contributed by atoms with Crippen LogP contribution in [0.25, 0.3) is 0 Å². The molecule has 0 spiro atoms. The largest absolute Gasteiger partial charge is 0.385 e. The van der Waals surface area contributed by atoms with E-state index in [0.29, 0.717) is 0 Å². The lowest BCUT2D eigenvalue weighted by atomic mass is 10.8. The van der Waals surface area contributed by atoms with Crippen molar-refractivity contribution in [1.29, 1.82) is 0 Å². The van der Waals surface area contributed by atoms with Crippen LogP contribution in [-0.2, 0) is 0 Å². The molecule has 1 aromatic heterocycles. The van der Waals surface area contributed by atoms with Crippen LogP contribution in [0.4, 0.5) is 26.3 Å². The average molecular weight is 218 g/mol. The summed E-state index contributed by atoms with van der Waals surface area (Å²) >= 11 is 0. The number of hydrogen-bond acceptors (Lipinski definition) is 1. The number of H-pyrrole nitrogens is 1. The van der Waals surface area contributed by atoms with Crippen molar-refractivity contribution in [3.8, 4) is 0 Å². The van der Waals surface area contributed by atoms with E-state index < -0.39 is 17.8 Å². The first-order valence-corrected chi connectivity index (χ1v) is 3.31. The number of aromatic amines is 1. The summed E-state index contributed by atoms with van der Waals surface area (Å²) in [6, 6.07) is 0. The zero-order valence-corrected chi connectivity index (χ0v) is 6.45. The number of nitrogens with one attached hydrogen (secondary N) is 1. The SMILES string of the molecule is FC1(F)C(F)(F)C1(F)F.c1c[nH]cn1. The molecule has 0 unspecified atom stereocenters. The molecule has 0 saturated heterocycles. The zero-order chi connectivity index (χ0) is 11.0. The predicted molar refractivity (Wildman–Crippen MR) is 33.4 cm³/mol. The van der Waals surface area contributed by atoms with Crippen molar-refractivity contribution in [3.05, 3.63) is 18.7 Å². The number of aromatic nitrogens is 2. The van der Waals surface area contributed by atoms with Gasteiger partial charge in [0.15, 0.2) is 0 Å². The maximum absolute atomic E-state index is 11.2. The molecule has 0 aliphatic heterocycles. The van der Waals surface area contributed by atoms with E-state index in [1.807, 2.05) is 0 Å². The van der Waals surface area contributed by atoms with E-state index in [0.717, 1.165) is 0 Å². The van der Waals surface area contributed by atoms with Crippen molar-refractivity contribution < 1.29 is 26.3 Å². The first-order chi connectivity index (χ1) is 6.25. The number of nitrogens with zero attached hydrogens (tertiary/aromatic N) is 1. The van der Waals surface area contributed by atoms with Crippen molar-refractivity contribution in [2.24, 2.45) is 0 Å². The van der Waals surface area contributed by atoms with Gasteiger partial charge in [0, 0.05) is 12.4 Å². The highest BCUT2D eigenvalue weighted by Crippen LogP contribution is 2.68. The molecule has 1 aliphatic rings. The molecule has 0 atom stereocenters. The van der Waals surface area contributed by atoms with Gasteiger partial charge in [-0.15, -0.1) is 0 Å². The summed E-state index contributed by atoms with van der Waals surface area (Å²) in [7, 11) is 0. The molecule has 2 rings (SSSR count). The van der Waals surface area contributed by atoms with Crippen molar-refractivity contribution in [2.45, 2.75) is 17.8 Å². The Kier molecular flexibility index (Phi) is 2.24.